The van der Waals surface area contributed by atoms with Gasteiger partial charge in [0.05, 0.1) is 28.8 Å². The van der Waals surface area contributed by atoms with Gasteiger partial charge < -0.3 is 15.1 Å². The van der Waals surface area contributed by atoms with Crippen LogP contribution in [0.15, 0.2) is 119 Å². The minimum atomic E-state index is -0.152. The Hall–Kier alpha value is -5.17. The van der Waals surface area contributed by atoms with Crippen LogP contribution in [0, 0.1) is 6.92 Å². The number of aromatic nitrogens is 2. The Bertz CT molecular complexity index is 1750. The number of hydrogen-bond donors (Lipinski definition) is 1. The summed E-state index contributed by atoms with van der Waals surface area (Å²) in [6, 6.07) is 37.2. The first-order valence-electron chi connectivity index (χ1n) is 13.4. The molecule has 196 valence electrons. The number of nitrogens with one attached hydrogen (secondary N) is 1. The van der Waals surface area contributed by atoms with Gasteiger partial charge in [0.15, 0.2) is 17.5 Å². The Morgan fingerprint density at radius 1 is 0.750 bits per heavy atom. The van der Waals surface area contributed by atoms with Crippen molar-refractivity contribution in [2.75, 3.05) is 29.2 Å². The number of nitrogens with zero attached hydrogens (tertiary/aromatic N) is 6. The fourth-order valence-electron chi connectivity index (χ4n) is 5.48. The molecule has 0 bridgehead atoms. The lowest BCUT2D eigenvalue weighted by Crippen LogP contribution is -2.46. The molecule has 7 nitrogen and oxygen atoms in total. The molecule has 3 heterocycles. The standard InChI is InChI=1S/C33H29N7/c1-22-29-30(23-18-20-25(21-19-23)38(2)3)39-28-17-11-10-16-27(28)35-31(34-24-12-6-4-7-13-24)33(39)36-32(29)40(37-22)26-14-8-5-9-15-26/h4-21,30H,1-3H3,(H,34,35)/t30-/m1/s1. The molecule has 0 aliphatic carbocycles. The van der Waals surface area contributed by atoms with E-state index in [1.165, 1.54) is 0 Å². The highest BCUT2D eigenvalue weighted by atomic mass is 15.4. The van der Waals surface area contributed by atoms with Crippen molar-refractivity contribution in [1.82, 2.24) is 9.78 Å². The van der Waals surface area contributed by atoms with Crippen molar-refractivity contribution >= 4 is 40.2 Å². The normalized spacial score (nSPS) is 15.4. The third-order valence-electron chi connectivity index (χ3n) is 7.40. The van der Waals surface area contributed by atoms with Gasteiger partial charge >= 0.3 is 0 Å². The van der Waals surface area contributed by atoms with E-state index in [1.807, 2.05) is 59.3 Å². The summed E-state index contributed by atoms with van der Waals surface area (Å²) in [6.45, 7) is 2.08. The summed E-state index contributed by atoms with van der Waals surface area (Å²) in [6.07, 6.45) is 0. The van der Waals surface area contributed by atoms with Crippen molar-refractivity contribution in [3.05, 3.63) is 126 Å². The SMILES string of the molecule is Cc1nn(-c2ccccc2)c2c1[C@@H](c1ccc(N(C)C)cc1)N1C(=N2)C(Nc2ccccc2)=Nc2ccccc21. The van der Waals surface area contributed by atoms with Crippen LogP contribution in [-0.2, 0) is 0 Å². The van der Waals surface area contributed by atoms with E-state index in [-0.39, 0.29) is 6.04 Å². The highest BCUT2D eigenvalue weighted by molar-refractivity contribution is 6.51. The Labute approximate surface area is 233 Å². The predicted octanol–water partition coefficient (Wildman–Crippen LogP) is 7.04. The molecule has 1 atom stereocenters. The summed E-state index contributed by atoms with van der Waals surface area (Å²) in [7, 11) is 4.12. The maximum atomic E-state index is 5.30. The monoisotopic (exact) mass is 523 g/mol. The molecule has 1 aromatic heterocycles. The van der Waals surface area contributed by atoms with Crippen LogP contribution in [0.3, 0.4) is 0 Å². The third-order valence-corrected chi connectivity index (χ3v) is 7.40. The Balaban J connectivity index is 1.49. The lowest BCUT2D eigenvalue weighted by Gasteiger charge is -2.40. The lowest BCUT2D eigenvalue weighted by atomic mass is 9.93. The largest absolute Gasteiger partial charge is 0.378 e. The van der Waals surface area contributed by atoms with E-state index in [0.717, 1.165) is 56.9 Å². The van der Waals surface area contributed by atoms with Gasteiger partial charge in [0.1, 0.15) is 0 Å². The zero-order chi connectivity index (χ0) is 27.2. The summed E-state index contributed by atoms with van der Waals surface area (Å²) in [5.74, 6) is 2.27. The number of hydrogen-bond acceptors (Lipinski definition) is 6. The molecule has 0 fully saturated rings. The highest BCUT2D eigenvalue weighted by Gasteiger charge is 2.41. The molecule has 0 radical (unpaired) electrons. The molecule has 0 saturated carbocycles. The van der Waals surface area contributed by atoms with E-state index in [1.54, 1.807) is 0 Å². The van der Waals surface area contributed by atoms with Crippen LogP contribution in [0.5, 0.6) is 0 Å². The number of para-hydroxylation sites is 4. The summed E-state index contributed by atoms with van der Waals surface area (Å²) in [5.41, 5.74) is 8.17. The fourth-order valence-corrected chi connectivity index (χ4v) is 5.48. The molecule has 0 spiro atoms. The molecule has 0 saturated heterocycles. The van der Waals surface area contributed by atoms with Gasteiger partial charge in [-0.15, -0.1) is 0 Å². The number of fused-ring (bicyclic) bond motifs is 4. The van der Waals surface area contributed by atoms with Gasteiger partial charge in [-0.05, 0) is 61.0 Å². The van der Waals surface area contributed by atoms with Crippen LogP contribution in [-0.4, -0.2) is 35.5 Å². The number of aryl methyl sites for hydroxylation is 1. The second-order valence-corrected chi connectivity index (χ2v) is 10.2. The summed E-state index contributed by atoms with van der Waals surface area (Å²) in [5, 5.41) is 8.58. The summed E-state index contributed by atoms with van der Waals surface area (Å²) in [4.78, 5) is 14.8. The molecular formula is C33H29N7. The second kappa shape index (κ2) is 9.54. The van der Waals surface area contributed by atoms with E-state index in [9.17, 15) is 0 Å². The second-order valence-electron chi connectivity index (χ2n) is 10.2. The molecule has 7 rings (SSSR count). The van der Waals surface area contributed by atoms with Gasteiger partial charge in [0, 0.05) is 31.0 Å². The Morgan fingerprint density at radius 3 is 2.15 bits per heavy atom. The fraction of sp³-hybridized carbons (Fsp3) is 0.121. The minimum absolute atomic E-state index is 0.152. The van der Waals surface area contributed by atoms with Gasteiger partial charge in [-0.3, -0.25) is 0 Å². The average Bonchev–Trinajstić information content (AvgIpc) is 3.33. The van der Waals surface area contributed by atoms with Gasteiger partial charge in [-0.25, -0.2) is 14.7 Å². The zero-order valence-corrected chi connectivity index (χ0v) is 22.7. The molecule has 40 heavy (non-hydrogen) atoms. The van der Waals surface area contributed by atoms with Crippen molar-refractivity contribution in [1.29, 1.82) is 0 Å². The quantitative estimate of drug-likeness (QED) is 0.274. The molecule has 7 heteroatoms. The molecule has 0 unspecified atom stereocenters. The maximum absolute atomic E-state index is 5.30. The number of amidine groups is 2. The van der Waals surface area contributed by atoms with E-state index >= 15 is 0 Å². The molecule has 2 aliphatic heterocycles. The van der Waals surface area contributed by atoms with Crippen molar-refractivity contribution < 1.29 is 0 Å². The number of benzene rings is 4. The van der Waals surface area contributed by atoms with Crippen LogP contribution in [0.1, 0.15) is 22.9 Å². The first-order chi connectivity index (χ1) is 19.6. The maximum Gasteiger partial charge on any atom is 0.179 e. The molecule has 4 aromatic carbocycles. The number of anilines is 3. The minimum Gasteiger partial charge on any atom is -0.378 e. The molecular weight excluding hydrogens is 494 g/mol. The van der Waals surface area contributed by atoms with Crippen molar-refractivity contribution in [3.8, 4) is 5.69 Å². The first kappa shape index (κ1) is 23.9. The van der Waals surface area contributed by atoms with Crippen LogP contribution in [0.2, 0.25) is 0 Å². The van der Waals surface area contributed by atoms with Gasteiger partial charge in [0.25, 0.3) is 0 Å². The van der Waals surface area contributed by atoms with Gasteiger partial charge in [-0.1, -0.05) is 60.7 Å². The molecule has 2 aliphatic rings. The van der Waals surface area contributed by atoms with Crippen LogP contribution >= 0.6 is 0 Å². The van der Waals surface area contributed by atoms with Crippen molar-refractivity contribution in [2.24, 2.45) is 9.98 Å². The van der Waals surface area contributed by atoms with Crippen molar-refractivity contribution in [3.63, 3.8) is 0 Å². The zero-order valence-electron chi connectivity index (χ0n) is 22.7. The highest BCUT2D eigenvalue weighted by Crippen LogP contribution is 2.48. The van der Waals surface area contributed by atoms with Gasteiger partial charge in [0.2, 0.25) is 0 Å². The van der Waals surface area contributed by atoms with Crippen LogP contribution in [0.25, 0.3) is 5.69 Å². The molecule has 1 N–H and O–H groups in total. The first-order valence-corrected chi connectivity index (χ1v) is 13.4. The van der Waals surface area contributed by atoms with Gasteiger partial charge in [-0.2, -0.15) is 5.10 Å². The smallest absolute Gasteiger partial charge is 0.179 e. The predicted molar refractivity (Wildman–Crippen MR) is 164 cm³/mol. The molecule has 5 aromatic rings. The Morgan fingerprint density at radius 2 is 1.43 bits per heavy atom. The number of aliphatic imine (C=N–C) groups is 2. The number of rotatable bonds is 4. The van der Waals surface area contributed by atoms with E-state index in [0.29, 0.717) is 5.84 Å². The lowest BCUT2D eigenvalue weighted by molar-refractivity contribution is 0.815. The summed E-state index contributed by atoms with van der Waals surface area (Å²) < 4.78 is 1.96. The topological polar surface area (TPSA) is 61.1 Å². The van der Waals surface area contributed by atoms with Crippen LogP contribution in [0.4, 0.5) is 28.6 Å². The van der Waals surface area contributed by atoms with E-state index in [4.69, 9.17) is 15.1 Å². The Kier molecular flexibility index (Phi) is 5.70. The van der Waals surface area contributed by atoms with E-state index < -0.39 is 0 Å². The van der Waals surface area contributed by atoms with Crippen LogP contribution < -0.4 is 15.1 Å². The third kappa shape index (κ3) is 3.94. The van der Waals surface area contributed by atoms with E-state index in [2.05, 4.69) is 90.7 Å². The summed E-state index contributed by atoms with van der Waals surface area (Å²) >= 11 is 0. The van der Waals surface area contributed by atoms with Crippen molar-refractivity contribution in [2.45, 2.75) is 13.0 Å². The average molecular weight is 524 g/mol. The molecule has 0 amide bonds.